The van der Waals surface area contributed by atoms with Crippen LogP contribution in [0.3, 0.4) is 0 Å². The maximum atomic E-state index is 13.6. The Morgan fingerprint density at radius 1 is 1.42 bits per heavy atom. The molecule has 1 heterocycles. The number of halogens is 3. The van der Waals surface area contributed by atoms with Gasteiger partial charge in [-0.1, -0.05) is 23.2 Å². The number of hydrogen-bond donors (Lipinski definition) is 1. The van der Waals surface area contributed by atoms with Crippen molar-refractivity contribution in [3.8, 4) is 0 Å². The van der Waals surface area contributed by atoms with Crippen molar-refractivity contribution in [3.63, 3.8) is 0 Å². The van der Waals surface area contributed by atoms with Crippen molar-refractivity contribution in [3.05, 3.63) is 57.0 Å². The largest absolute Gasteiger partial charge is 0.320 e. The predicted octanol–water partition coefficient (Wildman–Crippen LogP) is 4.20. The fourth-order valence-electron chi connectivity index (χ4n) is 1.50. The second-order valence-electron chi connectivity index (χ2n) is 3.93. The third kappa shape index (κ3) is 3.30. The molecule has 0 atom stereocenters. The van der Waals surface area contributed by atoms with Crippen molar-refractivity contribution >= 4 is 39.1 Å². The van der Waals surface area contributed by atoms with Gasteiger partial charge in [-0.3, -0.25) is 4.79 Å². The Balaban J connectivity index is 2.25. The Labute approximate surface area is 122 Å². The van der Waals surface area contributed by atoms with Crippen molar-refractivity contribution in [1.29, 1.82) is 0 Å². The first kappa shape index (κ1) is 14.0. The lowest BCUT2D eigenvalue weighted by Crippen LogP contribution is -2.14. The first-order valence-corrected chi connectivity index (χ1v) is 6.53. The number of carbonyl (C=O) groups excluding carboxylic acids is 1. The molecule has 0 unspecified atom stereocenters. The SMILES string of the molecule is Cc1ccc(F)c(C(=O)Nc2cnc(Cl)c(Br)c2)c1. The van der Waals surface area contributed by atoms with E-state index < -0.39 is 11.7 Å². The molecule has 0 fully saturated rings. The van der Waals surface area contributed by atoms with Crippen LogP contribution in [0, 0.1) is 12.7 Å². The molecule has 6 heteroatoms. The van der Waals surface area contributed by atoms with Crippen LogP contribution < -0.4 is 5.32 Å². The quantitative estimate of drug-likeness (QED) is 0.831. The Bertz CT molecular complexity index is 649. The Kier molecular flexibility index (Phi) is 4.17. The van der Waals surface area contributed by atoms with E-state index >= 15 is 0 Å². The van der Waals surface area contributed by atoms with Gasteiger partial charge in [0, 0.05) is 0 Å². The van der Waals surface area contributed by atoms with Crippen LogP contribution in [-0.2, 0) is 0 Å². The minimum atomic E-state index is -0.566. The summed E-state index contributed by atoms with van der Waals surface area (Å²) < 4.78 is 14.1. The van der Waals surface area contributed by atoms with Gasteiger partial charge in [0.1, 0.15) is 11.0 Å². The van der Waals surface area contributed by atoms with Gasteiger partial charge in [-0.2, -0.15) is 0 Å². The first-order valence-electron chi connectivity index (χ1n) is 5.36. The molecule has 0 spiro atoms. The summed E-state index contributed by atoms with van der Waals surface area (Å²) in [4.78, 5) is 15.8. The summed E-state index contributed by atoms with van der Waals surface area (Å²) in [6.07, 6.45) is 1.40. The van der Waals surface area contributed by atoms with Crippen LogP contribution in [0.5, 0.6) is 0 Å². The second kappa shape index (κ2) is 5.67. The maximum absolute atomic E-state index is 13.6. The summed E-state index contributed by atoms with van der Waals surface area (Å²) in [5.74, 6) is -1.10. The van der Waals surface area contributed by atoms with Gasteiger partial charge in [-0.15, -0.1) is 0 Å². The summed E-state index contributed by atoms with van der Waals surface area (Å²) in [7, 11) is 0. The van der Waals surface area contributed by atoms with Crippen LogP contribution in [0.15, 0.2) is 34.9 Å². The van der Waals surface area contributed by atoms with E-state index in [9.17, 15) is 9.18 Å². The summed E-state index contributed by atoms with van der Waals surface area (Å²) >= 11 is 8.95. The molecule has 1 N–H and O–H groups in total. The number of anilines is 1. The van der Waals surface area contributed by atoms with Crippen molar-refractivity contribution < 1.29 is 9.18 Å². The Morgan fingerprint density at radius 3 is 2.84 bits per heavy atom. The summed E-state index contributed by atoms with van der Waals surface area (Å²) in [6, 6.07) is 5.96. The van der Waals surface area contributed by atoms with E-state index in [2.05, 4.69) is 26.2 Å². The number of nitrogens with zero attached hydrogens (tertiary/aromatic N) is 1. The number of aryl methyl sites for hydroxylation is 1. The van der Waals surface area contributed by atoms with E-state index in [1.807, 2.05) is 0 Å². The molecule has 19 heavy (non-hydrogen) atoms. The topological polar surface area (TPSA) is 42.0 Å². The average Bonchev–Trinajstić information content (AvgIpc) is 2.36. The van der Waals surface area contributed by atoms with Crippen LogP contribution in [0.2, 0.25) is 5.15 Å². The van der Waals surface area contributed by atoms with Gasteiger partial charge in [-0.25, -0.2) is 9.37 Å². The zero-order valence-electron chi connectivity index (χ0n) is 9.88. The van der Waals surface area contributed by atoms with Gasteiger partial charge in [-0.05, 0) is 41.1 Å². The molecule has 2 aromatic rings. The van der Waals surface area contributed by atoms with Crippen molar-refractivity contribution in [2.75, 3.05) is 5.32 Å². The van der Waals surface area contributed by atoms with Crippen LogP contribution >= 0.6 is 27.5 Å². The molecule has 0 aliphatic heterocycles. The maximum Gasteiger partial charge on any atom is 0.258 e. The predicted molar refractivity (Wildman–Crippen MR) is 76.0 cm³/mol. The van der Waals surface area contributed by atoms with Crippen LogP contribution in [0.25, 0.3) is 0 Å². The molecule has 0 saturated heterocycles. The van der Waals surface area contributed by atoms with Crippen molar-refractivity contribution in [1.82, 2.24) is 4.98 Å². The Hall–Kier alpha value is -1.46. The summed E-state index contributed by atoms with van der Waals surface area (Å²) in [5, 5.41) is 2.86. The highest BCUT2D eigenvalue weighted by Gasteiger charge is 2.12. The first-order chi connectivity index (χ1) is 8.97. The smallest absolute Gasteiger partial charge is 0.258 e. The molecule has 0 radical (unpaired) electrons. The number of nitrogens with one attached hydrogen (secondary N) is 1. The van der Waals surface area contributed by atoms with Crippen molar-refractivity contribution in [2.45, 2.75) is 6.92 Å². The van der Waals surface area contributed by atoms with E-state index in [1.54, 1.807) is 19.1 Å². The van der Waals surface area contributed by atoms with Gasteiger partial charge < -0.3 is 5.32 Å². The van der Waals surface area contributed by atoms with E-state index in [4.69, 9.17) is 11.6 Å². The molecular weight excluding hydrogens is 335 g/mol. The van der Waals surface area contributed by atoms with E-state index in [-0.39, 0.29) is 5.56 Å². The molecular formula is C13H9BrClFN2O. The van der Waals surface area contributed by atoms with Crippen LogP contribution in [0.1, 0.15) is 15.9 Å². The Morgan fingerprint density at radius 2 is 2.16 bits per heavy atom. The minimum Gasteiger partial charge on any atom is -0.320 e. The van der Waals surface area contributed by atoms with Gasteiger partial charge >= 0.3 is 0 Å². The van der Waals surface area contributed by atoms with Gasteiger partial charge in [0.25, 0.3) is 5.91 Å². The number of pyridine rings is 1. The average molecular weight is 344 g/mol. The van der Waals surface area contributed by atoms with Gasteiger partial charge in [0.2, 0.25) is 0 Å². The standard InChI is InChI=1S/C13H9BrClFN2O/c1-7-2-3-11(16)9(4-7)13(19)18-8-5-10(14)12(15)17-6-8/h2-6H,1H3,(H,18,19). The van der Waals surface area contributed by atoms with Crippen molar-refractivity contribution in [2.24, 2.45) is 0 Å². The molecule has 0 aliphatic carbocycles. The second-order valence-corrected chi connectivity index (χ2v) is 5.15. The highest BCUT2D eigenvalue weighted by atomic mass is 79.9. The molecule has 98 valence electrons. The number of carbonyl (C=O) groups is 1. The van der Waals surface area contributed by atoms with E-state index in [1.165, 1.54) is 18.3 Å². The minimum absolute atomic E-state index is 0.00827. The molecule has 0 saturated carbocycles. The van der Waals surface area contributed by atoms with Gasteiger partial charge in [0.05, 0.1) is 21.9 Å². The highest BCUT2D eigenvalue weighted by Crippen LogP contribution is 2.23. The fourth-order valence-corrected chi connectivity index (χ4v) is 1.95. The molecule has 3 nitrogen and oxygen atoms in total. The molecule has 1 aromatic heterocycles. The van der Waals surface area contributed by atoms with Crippen LogP contribution in [0.4, 0.5) is 10.1 Å². The number of aromatic nitrogens is 1. The van der Waals surface area contributed by atoms with Gasteiger partial charge in [0.15, 0.2) is 0 Å². The third-order valence-corrected chi connectivity index (χ3v) is 3.55. The molecule has 2 rings (SSSR count). The molecule has 0 aliphatic rings. The zero-order valence-corrected chi connectivity index (χ0v) is 12.2. The van der Waals surface area contributed by atoms with E-state index in [0.29, 0.717) is 15.3 Å². The number of amides is 1. The normalized spacial score (nSPS) is 10.3. The third-order valence-electron chi connectivity index (χ3n) is 2.42. The molecule has 1 amide bonds. The highest BCUT2D eigenvalue weighted by molar-refractivity contribution is 9.10. The molecule has 1 aromatic carbocycles. The number of rotatable bonds is 2. The van der Waals surface area contributed by atoms with Crippen LogP contribution in [-0.4, -0.2) is 10.9 Å². The zero-order chi connectivity index (χ0) is 14.0. The fraction of sp³-hybridized carbons (Fsp3) is 0.0769. The van der Waals surface area contributed by atoms with E-state index in [0.717, 1.165) is 5.56 Å². The lowest BCUT2D eigenvalue weighted by Gasteiger charge is -2.07. The summed E-state index contributed by atoms with van der Waals surface area (Å²) in [6.45, 7) is 1.79. The lowest BCUT2D eigenvalue weighted by atomic mass is 10.1. The summed E-state index contributed by atoms with van der Waals surface area (Å²) in [5.41, 5.74) is 1.23. The number of benzene rings is 1. The number of hydrogen-bond acceptors (Lipinski definition) is 2. The molecule has 0 bridgehead atoms. The lowest BCUT2D eigenvalue weighted by molar-refractivity contribution is 0.102. The monoisotopic (exact) mass is 342 g/mol.